The summed E-state index contributed by atoms with van der Waals surface area (Å²) < 4.78 is 0. The monoisotopic (exact) mass is 296 g/mol. The predicted octanol–water partition coefficient (Wildman–Crippen LogP) is 4.71. The second-order valence-electron chi connectivity index (χ2n) is 5.85. The Morgan fingerprint density at radius 1 is 1.20 bits per heavy atom. The van der Waals surface area contributed by atoms with Crippen LogP contribution in [0.2, 0.25) is 5.02 Å². The first-order valence-electron chi connectivity index (χ1n) is 7.75. The zero-order chi connectivity index (χ0) is 15.1. The Morgan fingerprint density at radius 3 is 2.40 bits per heavy atom. The number of hydrogen-bond donors (Lipinski definition) is 1. The van der Waals surface area contributed by atoms with Crippen molar-refractivity contribution in [3.63, 3.8) is 0 Å². The average molecular weight is 297 g/mol. The van der Waals surface area contributed by atoms with Gasteiger partial charge in [0.05, 0.1) is 10.7 Å². The Hall–Kier alpha value is -0.730. The predicted molar refractivity (Wildman–Crippen MR) is 90.8 cm³/mol. The third-order valence-electron chi connectivity index (χ3n) is 3.67. The standard InChI is InChI=1S/C17H29ClN2/c1-6-14(5)20(7-2)17-9-8-15(10-16(17)18)12-19-11-13(3)4/h8-10,13-14,19H,6-7,11-12H2,1-5H3. The summed E-state index contributed by atoms with van der Waals surface area (Å²) in [6, 6.07) is 6.95. The SMILES string of the molecule is CCC(C)N(CC)c1ccc(CNCC(C)C)cc1Cl. The molecule has 1 N–H and O–H groups in total. The molecule has 114 valence electrons. The van der Waals surface area contributed by atoms with E-state index in [1.165, 1.54) is 5.56 Å². The molecule has 0 aliphatic rings. The summed E-state index contributed by atoms with van der Waals surface area (Å²) >= 11 is 6.48. The Labute approximate surface area is 129 Å². The number of nitrogens with zero attached hydrogens (tertiary/aromatic N) is 1. The smallest absolute Gasteiger partial charge is 0.0642 e. The lowest BCUT2D eigenvalue weighted by atomic mass is 10.1. The van der Waals surface area contributed by atoms with Gasteiger partial charge in [-0.2, -0.15) is 0 Å². The Balaban J connectivity index is 2.76. The van der Waals surface area contributed by atoms with E-state index in [9.17, 15) is 0 Å². The molecule has 1 atom stereocenters. The highest BCUT2D eigenvalue weighted by Gasteiger charge is 2.14. The first kappa shape index (κ1) is 17.3. The zero-order valence-electron chi connectivity index (χ0n) is 13.5. The molecule has 1 aromatic rings. The molecule has 0 saturated heterocycles. The second kappa shape index (κ2) is 8.53. The van der Waals surface area contributed by atoms with Crippen molar-refractivity contribution in [2.24, 2.45) is 5.92 Å². The summed E-state index contributed by atoms with van der Waals surface area (Å²) in [4.78, 5) is 2.37. The van der Waals surface area contributed by atoms with Gasteiger partial charge in [-0.15, -0.1) is 0 Å². The van der Waals surface area contributed by atoms with E-state index >= 15 is 0 Å². The fourth-order valence-corrected chi connectivity index (χ4v) is 2.65. The first-order chi connectivity index (χ1) is 9.49. The van der Waals surface area contributed by atoms with Gasteiger partial charge in [0.25, 0.3) is 0 Å². The van der Waals surface area contributed by atoms with Crippen LogP contribution in [0.4, 0.5) is 5.69 Å². The van der Waals surface area contributed by atoms with Crippen molar-refractivity contribution < 1.29 is 0 Å². The van der Waals surface area contributed by atoms with Gasteiger partial charge in [0.1, 0.15) is 0 Å². The number of hydrogen-bond acceptors (Lipinski definition) is 2. The maximum Gasteiger partial charge on any atom is 0.0642 e. The van der Waals surface area contributed by atoms with Gasteiger partial charge in [-0.25, -0.2) is 0 Å². The Kier molecular flexibility index (Phi) is 7.39. The molecule has 20 heavy (non-hydrogen) atoms. The largest absolute Gasteiger partial charge is 0.368 e. The van der Waals surface area contributed by atoms with Crippen molar-refractivity contribution in [3.8, 4) is 0 Å². The number of halogens is 1. The highest BCUT2D eigenvalue weighted by atomic mass is 35.5. The summed E-state index contributed by atoms with van der Waals surface area (Å²) in [5, 5.41) is 4.31. The molecule has 0 saturated carbocycles. The molecule has 0 aliphatic heterocycles. The lowest BCUT2D eigenvalue weighted by molar-refractivity contribution is 0.552. The molecule has 3 heteroatoms. The molecule has 0 heterocycles. The highest BCUT2D eigenvalue weighted by Crippen LogP contribution is 2.29. The van der Waals surface area contributed by atoms with Gasteiger partial charge in [0.15, 0.2) is 0 Å². The molecule has 1 unspecified atom stereocenters. The fourth-order valence-electron chi connectivity index (χ4n) is 2.34. The molecular formula is C17H29ClN2. The molecule has 0 bridgehead atoms. The molecular weight excluding hydrogens is 268 g/mol. The van der Waals surface area contributed by atoms with Crippen LogP contribution >= 0.6 is 11.6 Å². The van der Waals surface area contributed by atoms with Crippen molar-refractivity contribution in [1.29, 1.82) is 0 Å². The summed E-state index contributed by atoms with van der Waals surface area (Å²) in [7, 11) is 0. The third kappa shape index (κ3) is 4.99. The van der Waals surface area contributed by atoms with Crippen molar-refractivity contribution in [2.75, 3.05) is 18.0 Å². The van der Waals surface area contributed by atoms with E-state index < -0.39 is 0 Å². The summed E-state index contributed by atoms with van der Waals surface area (Å²) in [6.07, 6.45) is 1.13. The lowest BCUT2D eigenvalue weighted by Gasteiger charge is -2.30. The van der Waals surface area contributed by atoms with Crippen LogP contribution in [-0.2, 0) is 6.54 Å². The van der Waals surface area contributed by atoms with Crippen molar-refractivity contribution in [2.45, 2.75) is 53.6 Å². The molecule has 0 spiro atoms. The highest BCUT2D eigenvalue weighted by molar-refractivity contribution is 6.33. The summed E-state index contributed by atoms with van der Waals surface area (Å²) in [5.41, 5.74) is 2.40. The maximum atomic E-state index is 6.48. The van der Waals surface area contributed by atoms with Crippen LogP contribution in [0.15, 0.2) is 18.2 Å². The van der Waals surface area contributed by atoms with Crippen LogP contribution in [-0.4, -0.2) is 19.1 Å². The van der Waals surface area contributed by atoms with E-state index in [0.717, 1.165) is 36.8 Å². The average Bonchev–Trinajstić information content (AvgIpc) is 2.41. The second-order valence-corrected chi connectivity index (χ2v) is 6.26. The first-order valence-corrected chi connectivity index (χ1v) is 8.13. The quantitative estimate of drug-likeness (QED) is 0.747. The van der Waals surface area contributed by atoms with Gasteiger partial charge in [0, 0.05) is 19.1 Å². The van der Waals surface area contributed by atoms with E-state index in [4.69, 9.17) is 11.6 Å². The van der Waals surface area contributed by atoms with E-state index in [1.54, 1.807) is 0 Å². The maximum absolute atomic E-state index is 6.48. The van der Waals surface area contributed by atoms with Crippen molar-refractivity contribution >= 4 is 17.3 Å². The van der Waals surface area contributed by atoms with Crippen LogP contribution in [0, 0.1) is 5.92 Å². The molecule has 0 radical (unpaired) electrons. The van der Waals surface area contributed by atoms with Crippen LogP contribution in [0.5, 0.6) is 0 Å². The van der Waals surface area contributed by atoms with Crippen LogP contribution in [0.1, 0.15) is 46.6 Å². The molecule has 0 aromatic heterocycles. The van der Waals surface area contributed by atoms with Crippen LogP contribution < -0.4 is 10.2 Å². The van der Waals surface area contributed by atoms with Gasteiger partial charge in [-0.1, -0.05) is 38.4 Å². The molecule has 1 rings (SSSR count). The fraction of sp³-hybridized carbons (Fsp3) is 0.647. The van der Waals surface area contributed by atoms with E-state index in [0.29, 0.717) is 12.0 Å². The minimum absolute atomic E-state index is 0.516. The topological polar surface area (TPSA) is 15.3 Å². The lowest BCUT2D eigenvalue weighted by Crippen LogP contribution is -2.32. The number of benzene rings is 1. The minimum atomic E-state index is 0.516. The van der Waals surface area contributed by atoms with Gasteiger partial charge in [0.2, 0.25) is 0 Å². The van der Waals surface area contributed by atoms with E-state index in [1.807, 2.05) is 0 Å². The normalized spacial score (nSPS) is 12.8. The molecule has 0 aliphatic carbocycles. The van der Waals surface area contributed by atoms with Crippen molar-refractivity contribution in [1.82, 2.24) is 5.32 Å². The van der Waals surface area contributed by atoms with Gasteiger partial charge >= 0.3 is 0 Å². The zero-order valence-corrected chi connectivity index (χ0v) is 14.3. The van der Waals surface area contributed by atoms with Crippen LogP contribution in [0.25, 0.3) is 0 Å². The Morgan fingerprint density at radius 2 is 1.90 bits per heavy atom. The van der Waals surface area contributed by atoms with Gasteiger partial charge in [-0.05, 0) is 50.4 Å². The summed E-state index contributed by atoms with van der Waals surface area (Å²) in [5.74, 6) is 0.672. The Bertz CT molecular complexity index is 404. The van der Waals surface area contributed by atoms with Gasteiger partial charge < -0.3 is 10.2 Å². The number of rotatable bonds is 8. The molecule has 0 amide bonds. The van der Waals surface area contributed by atoms with Crippen molar-refractivity contribution in [3.05, 3.63) is 28.8 Å². The number of anilines is 1. The van der Waals surface area contributed by atoms with Crippen LogP contribution in [0.3, 0.4) is 0 Å². The molecule has 2 nitrogen and oxygen atoms in total. The summed E-state index contributed by atoms with van der Waals surface area (Å²) in [6.45, 7) is 14.0. The van der Waals surface area contributed by atoms with E-state index in [-0.39, 0.29) is 0 Å². The number of nitrogens with one attached hydrogen (secondary N) is 1. The molecule has 1 aromatic carbocycles. The third-order valence-corrected chi connectivity index (χ3v) is 3.97. The molecule has 0 fully saturated rings. The van der Waals surface area contributed by atoms with E-state index in [2.05, 4.69) is 63.0 Å². The minimum Gasteiger partial charge on any atom is -0.368 e. The van der Waals surface area contributed by atoms with Gasteiger partial charge in [-0.3, -0.25) is 0 Å².